The molecule has 2 amide bonds. The van der Waals surface area contributed by atoms with Crippen molar-refractivity contribution in [1.82, 2.24) is 10.2 Å². The maximum atomic E-state index is 12.2. The molecule has 0 radical (unpaired) electrons. The number of anilines is 1. The summed E-state index contributed by atoms with van der Waals surface area (Å²) in [6, 6.07) is 9.44. The highest BCUT2D eigenvalue weighted by atomic mass is 32.2. The van der Waals surface area contributed by atoms with Crippen molar-refractivity contribution >= 4 is 30.0 Å². The number of amides is 2. The van der Waals surface area contributed by atoms with Gasteiger partial charge in [-0.2, -0.15) is 0 Å². The molecular weight excluding hydrogens is 260 g/mol. The van der Waals surface area contributed by atoms with Crippen LogP contribution in [0.15, 0.2) is 45.3 Å². The van der Waals surface area contributed by atoms with E-state index in [1.165, 1.54) is 17.6 Å². The van der Waals surface area contributed by atoms with Crippen LogP contribution in [0.5, 0.6) is 0 Å². The van der Waals surface area contributed by atoms with Crippen molar-refractivity contribution in [3.8, 4) is 0 Å². The molecule has 0 spiro atoms. The SMILES string of the molecule is O=C(Nc1ccccc1)N1CCC2=C(C1)SN=CN2. The van der Waals surface area contributed by atoms with Gasteiger partial charge in [0, 0.05) is 41.2 Å². The molecular formula is C13H14N4OS. The van der Waals surface area contributed by atoms with Gasteiger partial charge in [0.1, 0.15) is 6.34 Å². The Morgan fingerprint density at radius 2 is 2.21 bits per heavy atom. The molecule has 1 aromatic rings. The van der Waals surface area contributed by atoms with Crippen LogP contribution in [-0.4, -0.2) is 30.4 Å². The Kier molecular flexibility index (Phi) is 3.41. The highest BCUT2D eigenvalue weighted by Crippen LogP contribution is 2.28. The number of hydrogen-bond acceptors (Lipinski definition) is 4. The van der Waals surface area contributed by atoms with Gasteiger partial charge in [-0.25, -0.2) is 9.19 Å². The Bertz CT molecular complexity index is 541. The third-order valence-corrected chi connectivity index (χ3v) is 3.88. The smallest absolute Gasteiger partial charge is 0.322 e. The Hall–Kier alpha value is -1.95. The third kappa shape index (κ3) is 2.73. The number of carbonyl (C=O) groups excluding carboxylic acids is 1. The molecule has 0 bridgehead atoms. The second-order valence-corrected chi connectivity index (χ2v) is 5.23. The van der Waals surface area contributed by atoms with Gasteiger partial charge in [-0.3, -0.25) is 0 Å². The van der Waals surface area contributed by atoms with Gasteiger partial charge >= 0.3 is 6.03 Å². The van der Waals surface area contributed by atoms with E-state index in [-0.39, 0.29) is 6.03 Å². The van der Waals surface area contributed by atoms with Gasteiger partial charge < -0.3 is 15.5 Å². The number of nitrogens with zero attached hydrogens (tertiary/aromatic N) is 2. The number of benzene rings is 1. The molecule has 6 heteroatoms. The maximum absolute atomic E-state index is 12.2. The predicted octanol–water partition coefficient (Wildman–Crippen LogP) is 2.42. The zero-order valence-electron chi connectivity index (χ0n) is 10.3. The van der Waals surface area contributed by atoms with Crippen molar-refractivity contribution in [2.45, 2.75) is 6.42 Å². The van der Waals surface area contributed by atoms with Crippen LogP contribution in [0, 0.1) is 0 Å². The van der Waals surface area contributed by atoms with E-state index < -0.39 is 0 Å². The zero-order chi connectivity index (χ0) is 13.1. The Labute approximate surface area is 115 Å². The lowest BCUT2D eigenvalue weighted by Gasteiger charge is -2.31. The van der Waals surface area contributed by atoms with Gasteiger partial charge in [-0.15, -0.1) is 0 Å². The summed E-state index contributed by atoms with van der Waals surface area (Å²) in [6.45, 7) is 1.34. The lowest BCUT2D eigenvalue weighted by Crippen LogP contribution is -2.41. The number of carbonyl (C=O) groups is 1. The van der Waals surface area contributed by atoms with E-state index in [1.807, 2.05) is 30.3 Å². The first kappa shape index (κ1) is 12.1. The second kappa shape index (κ2) is 5.36. The summed E-state index contributed by atoms with van der Waals surface area (Å²) in [6.07, 6.45) is 2.54. The molecule has 0 aromatic heterocycles. The van der Waals surface area contributed by atoms with Gasteiger partial charge in [-0.1, -0.05) is 18.2 Å². The highest BCUT2D eigenvalue weighted by molar-refractivity contribution is 8.02. The molecule has 2 aliphatic rings. The van der Waals surface area contributed by atoms with Gasteiger partial charge in [0.15, 0.2) is 0 Å². The number of urea groups is 1. The molecule has 0 saturated carbocycles. The normalized spacial score (nSPS) is 17.8. The first-order chi connectivity index (χ1) is 9.33. The molecule has 5 nitrogen and oxygen atoms in total. The topological polar surface area (TPSA) is 56.7 Å². The molecule has 0 aliphatic carbocycles. The monoisotopic (exact) mass is 274 g/mol. The van der Waals surface area contributed by atoms with Gasteiger partial charge in [0.25, 0.3) is 0 Å². The lowest BCUT2D eigenvalue weighted by atomic mass is 10.2. The molecule has 2 aliphatic heterocycles. The van der Waals surface area contributed by atoms with Crippen LogP contribution in [0.2, 0.25) is 0 Å². The van der Waals surface area contributed by atoms with E-state index in [1.54, 1.807) is 11.2 Å². The molecule has 3 rings (SSSR count). The van der Waals surface area contributed by atoms with Crippen molar-refractivity contribution in [1.29, 1.82) is 0 Å². The molecule has 0 fully saturated rings. The second-order valence-electron chi connectivity index (χ2n) is 4.34. The van der Waals surface area contributed by atoms with Crippen molar-refractivity contribution < 1.29 is 4.79 Å². The molecule has 1 aromatic carbocycles. The van der Waals surface area contributed by atoms with Crippen molar-refractivity contribution in [2.75, 3.05) is 18.4 Å². The Morgan fingerprint density at radius 1 is 1.37 bits per heavy atom. The van der Waals surface area contributed by atoms with Crippen molar-refractivity contribution in [3.05, 3.63) is 40.9 Å². The van der Waals surface area contributed by atoms with E-state index in [0.29, 0.717) is 6.54 Å². The van der Waals surface area contributed by atoms with Crippen LogP contribution < -0.4 is 10.6 Å². The first-order valence-electron chi connectivity index (χ1n) is 6.11. The van der Waals surface area contributed by atoms with E-state index in [2.05, 4.69) is 15.0 Å². The van der Waals surface area contributed by atoms with E-state index in [4.69, 9.17) is 0 Å². The quantitative estimate of drug-likeness (QED) is 0.773. The van der Waals surface area contributed by atoms with Crippen LogP contribution in [-0.2, 0) is 0 Å². The van der Waals surface area contributed by atoms with Gasteiger partial charge in [0.05, 0.1) is 6.54 Å². The number of rotatable bonds is 1. The fourth-order valence-corrected chi connectivity index (χ4v) is 2.78. The van der Waals surface area contributed by atoms with Crippen molar-refractivity contribution in [2.24, 2.45) is 4.40 Å². The summed E-state index contributed by atoms with van der Waals surface area (Å²) in [5.41, 5.74) is 2.00. The van der Waals surface area contributed by atoms with E-state index >= 15 is 0 Å². The molecule has 2 heterocycles. The zero-order valence-corrected chi connectivity index (χ0v) is 11.1. The van der Waals surface area contributed by atoms with Gasteiger partial charge in [-0.05, 0) is 12.1 Å². The molecule has 2 N–H and O–H groups in total. The summed E-state index contributed by atoms with van der Waals surface area (Å²) in [4.78, 5) is 15.1. The standard InChI is InChI=1S/C13H14N4OS/c18-13(16-10-4-2-1-3-5-10)17-7-6-11-12(8-17)19-15-9-14-11/h1-5,9H,6-8H2,(H,14,15)(H,16,18). The summed E-state index contributed by atoms with van der Waals surface area (Å²) < 4.78 is 4.10. The van der Waals surface area contributed by atoms with Crippen LogP contribution in [0.4, 0.5) is 10.5 Å². The van der Waals surface area contributed by atoms with E-state index in [9.17, 15) is 4.79 Å². The number of hydrogen-bond donors (Lipinski definition) is 2. The van der Waals surface area contributed by atoms with Crippen LogP contribution in [0.1, 0.15) is 6.42 Å². The van der Waals surface area contributed by atoms with Gasteiger partial charge in [0.2, 0.25) is 0 Å². The average Bonchev–Trinajstić information content (AvgIpc) is 2.48. The summed E-state index contributed by atoms with van der Waals surface area (Å²) in [5.74, 6) is 0. The van der Waals surface area contributed by atoms with Crippen LogP contribution in [0.3, 0.4) is 0 Å². The summed E-state index contributed by atoms with van der Waals surface area (Å²) in [5, 5.41) is 6.04. The Balaban J connectivity index is 1.64. The minimum absolute atomic E-state index is 0.0621. The molecule has 0 unspecified atom stereocenters. The number of nitrogens with one attached hydrogen (secondary N) is 2. The molecule has 0 saturated heterocycles. The molecule has 0 atom stereocenters. The van der Waals surface area contributed by atoms with Crippen LogP contribution in [0.25, 0.3) is 0 Å². The summed E-state index contributed by atoms with van der Waals surface area (Å²) in [7, 11) is 0. The van der Waals surface area contributed by atoms with Crippen LogP contribution >= 0.6 is 11.9 Å². The summed E-state index contributed by atoms with van der Waals surface area (Å²) >= 11 is 1.44. The fraction of sp³-hybridized carbons (Fsp3) is 0.231. The third-order valence-electron chi connectivity index (χ3n) is 3.07. The largest absolute Gasteiger partial charge is 0.348 e. The average molecular weight is 274 g/mol. The predicted molar refractivity (Wildman–Crippen MR) is 77.9 cm³/mol. The minimum atomic E-state index is -0.0621. The molecule has 98 valence electrons. The molecule has 19 heavy (non-hydrogen) atoms. The first-order valence-corrected chi connectivity index (χ1v) is 6.88. The maximum Gasteiger partial charge on any atom is 0.322 e. The Morgan fingerprint density at radius 3 is 3.05 bits per heavy atom. The van der Waals surface area contributed by atoms with Crippen molar-refractivity contribution in [3.63, 3.8) is 0 Å². The lowest BCUT2D eigenvalue weighted by molar-refractivity contribution is 0.215. The highest BCUT2D eigenvalue weighted by Gasteiger charge is 2.24. The minimum Gasteiger partial charge on any atom is -0.348 e. The fourth-order valence-electron chi connectivity index (χ4n) is 2.06. The van der Waals surface area contributed by atoms with E-state index in [0.717, 1.165) is 23.6 Å². The number of para-hydroxylation sites is 1.